The molecule has 1 aliphatic carbocycles. The van der Waals surface area contributed by atoms with Crippen molar-refractivity contribution in [1.82, 2.24) is 10.6 Å². The molecule has 160 valence electrons. The number of nitrogens with one attached hydrogen (secondary N) is 2. The van der Waals surface area contributed by atoms with Crippen LogP contribution in [0.2, 0.25) is 5.02 Å². The minimum Gasteiger partial charge on any atom is -0.338 e. The van der Waals surface area contributed by atoms with E-state index in [1.54, 1.807) is 0 Å². The molecule has 0 radical (unpaired) electrons. The van der Waals surface area contributed by atoms with Crippen LogP contribution in [0.3, 0.4) is 0 Å². The summed E-state index contributed by atoms with van der Waals surface area (Å²) in [5, 5.41) is 5.89. The van der Waals surface area contributed by atoms with Crippen LogP contribution in [0.1, 0.15) is 50.0 Å². The number of carbonyl (C=O) groups is 3. The van der Waals surface area contributed by atoms with Crippen LogP contribution in [0.15, 0.2) is 42.5 Å². The fourth-order valence-corrected chi connectivity index (χ4v) is 5.45. The first kappa shape index (κ1) is 20.1. The highest BCUT2D eigenvalue weighted by Crippen LogP contribution is 2.45. The summed E-state index contributed by atoms with van der Waals surface area (Å²) in [6.07, 6.45) is 4.99. The third-order valence-corrected chi connectivity index (χ3v) is 7.33. The van der Waals surface area contributed by atoms with Gasteiger partial charge in [-0.2, -0.15) is 0 Å². The van der Waals surface area contributed by atoms with Crippen LogP contribution in [-0.4, -0.2) is 29.9 Å². The molecule has 3 aliphatic rings. The van der Waals surface area contributed by atoms with E-state index < -0.39 is 5.92 Å². The second kappa shape index (κ2) is 7.68. The van der Waals surface area contributed by atoms with Crippen LogP contribution in [0, 0.1) is 0 Å². The van der Waals surface area contributed by atoms with E-state index in [0.29, 0.717) is 17.9 Å². The largest absolute Gasteiger partial charge is 0.338 e. The second-order valence-electron chi connectivity index (χ2n) is 8.65. The van der Waals surface area contributed by atoms with Crippen molar-refractivity contribution in [2.24, 2.45) is 0 Å². The van der Waals surface area contributed by atoms with Gasteiger partial charge in [-0.15, -0.1) is 0 Å². The van der Waals surface area contributed by atoms with Crippen molar-refractivity contribution in [1.29, 1.82) is 0 Å². The van der Waals surface area contributed by atoms with Gasteiger partial charge in [0, 0.05) is 24.2 Å². The normalized spacial score (nSPS) is 22.7. The maximum absolute atomic E-state index is 12.6. The number of carbonyl (C=O) groups excluding carboxylic acids is 3. The fraction of sp³-hybridized carbons (Fsp3) is 0.375. The Balaban J connectivity index is 1.45. The molecular formula is C24H24ClN3O3. The predicted octanol–water partition coefficient (Wildman–Crippen LogP) is 4.37. The van der Waals surface area contributed by atoms with Gasteiger partial charge in [-0.3, -0.25) is 19.8 Å². The van der Waals surface area contributed by atoms with Crippen molar-refractivity contribution in [2.45, 2.75) is 50.0 Å². The average Bonchev–Trinajstić information content (AvgIpc) is 2.73. The molecule has 31 heavy (non-hydrogen) atoms. The summed E-state index contributed by atoms with van der Waals surface area (Å²) in [6.45, 7) is 0.732. The molecule has 1 saturated carbocycles. The molecule has 1 spiro atoms. The van der Waals surface area contributed by atoms with Crippen molar-refractivity contribution in [3.05, 3.63) is 53.1 Å². The van der Waals surface area contributed by atoms with E-state index in [4.69, 9.17) is 11.6 Å². The summed E-state index contributed by atoms with van der Waals surface area (Å²) in [4.78, 5) is 38.3. The molecule has 4 amide bonds. The minimum absolute atomic E-state index is 0.0309. The summed E-state index contributed by atoms with van der Waals surface area (Å²) < 4.78 is 0. The Morgan fingerprint density at radius 2 is 1.77 bits per heavy atom. The topological polar surface area (TPSA) is 78.5 Å². The number of halogens is 1. The zero-order valence-corrected chi connectivity index (χ0v) is 17.9. The van der Waals surface area contributed by atoms with E-state index in [2.05, 4.69) is 10.6 Å². The lowest BCUT2D eigenvalue weighted by Gasteiger charge is -2.52. The second-order valence-corrected chi connectivity index (χ2v) is 9.03. The smallest absolute Gasteiger partial charge is 0.322 e. The maximum atomic E-state index is 12.6. The molecule has 7 heteroatoms. The molecule has 6 nitrogen and oxygen atoms in total. The van der Waals surface area contributed by atoms with Crippen LogP contribution in [0.4, 0.5) is 10.5 Å². The predicted molar refractivity (Wildman–Crippen MR) is 119 cm³/mol. The molecular weight excluding hydrogens is 414 g/mol. The van der Waals surface area contributed by atoms with Crippen LogP contribution >= 0.6 is 11.6 Å². The molecule has 2 heterocycles. The zero-order valence-electron chi connectivity index (χ0n) is 17.1. The van der Waals surface area contributed by atoms with Gasteiger partial charge in [-0.1, -0.05) is 41.9 Å². The van der Waals surface area contributed by atoms with Crippen molar-refractivity contribution in [2.75, 3.05) is 11.4 Å². The Bertz CT molecular complexity index is 1060. The van der Waals surface area contributed by atoms with E-state index in [1.165, 1.54) is 0 Å². The fourth-order valence-electron chi connectivity index (χ4n) is 5.08. The summed E-state index contributed by atoms with van der Waals surface area (Å²) in [6, 6.07) is 13.5. The van der Waals surface area contributed by atoms with Crippen LogP contribution in [-0.2, 0) is 9.59 Å². The van der Waals surface area contributed by atoms with Crippen molar-refractivity contribution >= 4 is 35.1 Å². The molecule has 5 rings (SSSR count). The first-order valence-corrected chi connectivity index (χ1v) is 11.2. The molecule has 1 unspecified atom stereocenters. The maximum Gasteiger partial charge on any atom is 0.322 e. The van der Waals surface area contributed by atoms with Crippen molar-refractivity contribution < 1.29 is 14.4 Å². The van der Waals surface area contributed by atoms with Gasteiger partial charge < -0.3 is 5.32 Å². The van der Waals surface area contributed by atoms with Gasteiger partial charge in [0.25, 0.3) is 0 Å². The highest BCUT2D eigenvalue weighted by Gasteiger charge is 2.47. The quantitative estimate of drug-likeness (QED) is 0.700. The number of nitrogens with zero attached hydrogens (tertiary/aromatic N) is 1. The number of benzene rings is 2. The molecule has 1 atom stereocenters. The van der Waals surface area contributed by atoms with E-state index in [0.717, 1.165) is 54.6 Å². The monoisotopic (exact) mass is 437 g/mol. The van der Waals surface area contributed by atoms with Gasteiger partial charge in [-0.25, -0.2) is 4.79 Å². The van der Waals surface area contributed by atoms with E-state index in [-0.39, 0.29) is 23.4 Å². The number of imide groups is 1. The lowest BCUT2D eigenvalue weighted by Crippen LogP contribution is -2.64. The van der Waals surface area contributed by atoms with E-state index in [1.807, 2.05) is 47.4 Å². The highest BCUT2D eigenvalue weighted by molar-refractivity contribution is 6.34. The summed E-state index contributed by atoms with van der Waals surface area (Å²) >= 11 is 6.73. The Morgan fingerprint density at radius 1 is 1.00 bits per heavy atom. The SMILES string of the molecule is O=C1CCC(c2cccc(-c3ccc(N4C(=O)NCCC45CCC5)cc3)c2Cl)C(=O)N1. The van der Waals surface area contributed by atoms with Gasteiger partial charge in [0.15, 0.2) is 0 Å². The molecule has 2 N–H and O–H groups in total. The van der Waals surface area contributed by atoms with Gasteiger partial charge >= 0.3 is 6.03 Å². The Kier molecular flexibility index (Phi) is 4.97. The van der Waals surface area contributed by atoms with Gasteiger partial charge in [0.2, 0.25) is 11.8 Å². The number of amides is 4. The Labute approximate surface area is 185 Å². The van der Waals surface area contributed by atoms with Crippen molar-refractivity contribution in [3.8, 4) is 11.1 Å². The number of urea groups is 1. The summed E-state index contributed by atoms with van der Waals surface area (Å²) in [5.74, 6) is -0.970. The first-order valence-electron chi connectivity index (χ1n) is 10.8. The number of anilines is 1. The molecule has 2 aromatic carbocycles. The van der Waals surface area contributed by atoms with Crippen molar-refractivity contribution in [3.63, 3.8) is 0 Å². The minimum atomic E-state index is -0.431. The summed E-state index contributed by atoms with van der Waals surface area (Å²) in [7, 11) is 0. The van der Waals surface area contributed by atoms with Crippen LogP contribution in [0.25, 0.3) is 11.1 Å². The lowest BCUT2D eigenvalue weighted by molar-refractivity contribution is -0.134. The lowest BCUT2D eigenvalue weighted by atomic mass is 9.72. The zero-order chi connectivity index (χ0) is 21.6. The first-order chi connectivity index (χ1) is 15.0. The number of hydrogen-bond acceptors (Lipinski definition) is 3. The van der Waals surface area contributed by atoms with Crippen LogP contribution in [0.5, 0.6) is 0 Å². The molecule has 0 bridgehead atoms. The highest BCUT2D eigenvalue weighted by atomic mass is 35.5. The standard InChI is InChI=1S/C24H24ClN3O3/c25-21-17(3-1-4-18(21)19-9-10-20(29)27-22(19)30)15-5-7-16(8-6-15)28-23(31)26-14-13-24(28)11-2-12-24/h1,3-8,19H,2,9-14H2,(H,26,31)(H,27,29,30). The van der Waals surface area contributed by atoms with Gasteiger partial charge in [0.1, 0.15) is 0 Å². The molecule has 2 saturated heterocycles. The van der Waals surface area contributed by atoms with Gasteiger partial charge in [0.05, 0.1) is 16.5 Å². The van der Waals surface area contributed by atoms with E-state index >= 15 is 0 Å². The number of hydrogen-bond donors (Lipinski definition) is 2. The Hall–Kier alpha value is -2.86. The summed E-state index contributed by atoms with van der Waals surface area (Å²) in [5.41, 5.74) is 3.32. The molecule has 3 fully saturated rings. The molecule has 0 aromatic heterocycles. The number of rotatable bonds is 3. The third-order valence-electron chi connectivity index (χ3n) is 6.91. The number of piperidine rings is 1. The third kappa shape index (κ3) is 3.39. The molecule has 2 aromatic rings. The average molecular weight is 438 g/mol. The van der Waals surface area contributed by atoms with E-state index in [9.17, 15) is 14.4 Å². The van der Waals surface area contributed by atoms with Gasteiger partial charge in [-0.05, 0) is 55.4 Å². The van der Waals surface area contributed by atoms with Crippen LogP contribution < -0.4 is 15.5 Å². The Morgan fingerprint density at radius 3 is 2.45 bits per heavy atom. The molecule has 2 aliphatic heterocycles.